The van der Waals surface area contributed by atoms with E-state index in [1.165, 1.54) is 5.69 Å². The average molecular weight is 406 g/mol. The van der Waals surface area contributed by atoms with E-state index in [4.69, 9.17) is 12.2 Å². The first-order valence-electron chi connectivity index (χ1n) is 10.0. The van der Waals surface area contributed by atoms with Gasteiger partial charge in [-0.15, -0.1) is 0 Å². The van der Waals surface area contributed by atoms with Gasteiger partial charge < -0.3 is 19.7 Å². The summed E-state index contributed by atoms with van der Waals surface area (Å²) >= 11 is 5.77. The molecular weight excluding hydrogens is 378 g/mol. The molecule has 5 nitrogen and oxygen atoms in total. The molecule has 29 heavy (non-hydrogen) atoms. The van der Waals surface area contributed by atoms with Crippen LogP contribution in [0.1, 0.15) is 29.9 Å². The maximum Gasteiger partial charge on any atom is 0.170 e. The molecule has 3 aromatic rings. The Kier molecular flexibility index (Phi) is 5.92. The van der Waals surface area contributed by atoms with Crippen molar-refractivity contribution < 1.29 is 0 Å². The number of nitrogens with zero attached hydrogens (tertiary/aromatic N) is 4. The van der Waals surface area contributed by atoms with Crippen LogP contribution in [0.5, 0.6) is 0 Å². The maximum atomic E-state index is 5.77. The minimum absolute atomic E-state index is 0.0143. The van der Waals surface area contributed by atoms with Gasteiger partial charge >= 0.3 is 0 Å². The second-order valence-corrected chi connectivity index (χ2v) is 8.00. The van der Waals surface area contributed by atoms with Gasteiger partial charge in [0.1, 0.15) is 0 Å². The lowest BCUT2D eigenvalue weighted by Gasteiger charge is -2.29. The van der Waals surface area contributed by atoms with Crippen LogP contribution in [-0.2, 0) is 0 Å². The normalized spacial score (nSPS) is 19.0. The Hall–Kier alpha value is -2.70. The summed E-state index contributed by atoms with van der Waals surface area (Å²) in [5.74, 6) is 0. The lowest BCUT2D eigenvalue weighted by atomic mass is 10.0. The summed E-state index contributed by atoms with van der Waals surface area (Å²) in [6.07, 6.45) is 5.02. The highest BCUT2D eigenvalue weighted by Gasteiger charge is 2.40. The predicted octanol–water partition coefficient (Wildman–Crippen LogP) is 3.80. The van der Waals surface area contributed by atoms with Gasteiger partial charge in [0.25, 0.3) is 0 Å². The topological polar surface area (TPSA) is 36.3 Å². The zero-order chi connectivity index (χ0) is 20.2. The molecule has 0 spiro atoms. The van der Waals surface area contributed by atoms with Crippen molar-refractivity contribution in [2.24, 2.45) is 0 Å². The molecule has 1 aromatic carbocycles. The number of thiocarbonyl (C=S) groups is 1. The molecule has 150 valence electrons. The number of pyridine rings is 1. The van der Waals surface area contributed by atoms with E-state index in [0.29, 0.717) is 0 Å². The van der Waals surface area contributed by atoms with Gasteiger partial charge in [-0.05, 0) is 75.7 Å². The average Bonchev–Trinajstić information content (AvgIpc) is 3.34. The van der Waals surface area contributed by atoms with Gasteiger partial charge in [-0.3, -0.25) is 4.98 Å². The third kappa shape index (κ3) is 4.18. The Morgan fingerprint density at radius 1 is 1.03 bits per heavy atom. The molecule has 0 aliphatic carbocycles. The third-order valence-electron chi connectivity index (χ3n) is 5.32. The molecule has 0 bridgehead atoms. The number of nitrogens with one attached hydrogen (secondary N) is 1. The number of para-hydroxylation sites is 1. The smallest absolute Gasteiger partial charge is 0.170 e. The Bertz CT molecular complexity index is 938. The first kappa shape index (κ1) is 19.6. The molecule has 0 amide bonds. The Labute approximate surface area is 178 Å². The fraction of sp³-hybridized carbons (Fsp3) is 0.304. The van der Waals surface area contributed by atoms with Crippen molar-refractivity contribution in [3.05, 3.63) is 84.4 Å². The number of rotatable bonds is 7. The van der Waals surface area contributed by atoms with Crippen molar-refractivity contribution in [1.82, 2.24) is 24.7 Å². The molecule has 1 aliphatic rings. The van der Waals surface area contributed by atoms with Crippen LogP contribution in [0.4, 0.5) is 0 Å². The zero-order valence-electron chi connectivity index (χ0n) is 16.9. The lowest BCUT2D eigenvalue weighted by molar-refractivity contribution is 0.286. The van der Waals surface area contributed by atoms with Crippen LogP contribution < -0.4 is 5.32 Å². The van der Waals surface area contributed by atoms with Gasteiger partial charge in [0.15, 0.2) is 5.11 Å². The van der Waals surface area contributed by atoms with Gasteiger partial charge in [0.05, 0.1) is 17.8 Å². The van der Waals surface area contributed by atoms with Crippen LogP contribution in [0.15, 0.2) is 73.1 Å². The van der Waals surface area contributed by atoms with Gasteiger partial charge in [-0.25, -0.2) is 0 Å². The van der Waals surface area contributed by atoms with E-state index >= 15 is 0 Å². The minimum Gasteiger partial charge on any atom is -0.352 e. The third-order valence-corrected chi connectivity index (χ3v) is 5.67. The molecular formula is C23H27N5S. The van der Waals surface area contributed by atoms with E-state index in [0.717, 1.165) is 36.0 Å². The summed E-state index contributed by atoms with van der Waals surface area (Å²) in [4.78, 5) is 9.17. The fourth-order valence-corrected chi connectivity index (χ4v) is 4.32. The Morgan fingerprint density at radius 2 is 1.83 bits per heavy atom. The van der Waals surface area contributed by atoms with Crippen LogP contribution >= 0.6 is 12.2 Å². The molecule has 1 aliphatic heterocycles. The maximum absolute atomic E-state index is 5.77. The van der Waals surface area contributed by atoms with Crippen molar-refractivity contribution >= 4 is 17.3 Å². The van der Waals surface area contributed by atoms with E-state index in [1.54, 1.807) is 0 Å². The van der Waals surface area contributed by atoms with Crippen LogP contribution in [0.25, 0.3) is 5.69 Å². The van der Waals surface area contributed by atoms with Crippen molar-refractivity contribution in [2.45, 2.75) is 18.5 Å². The zero-order valence-corrected chi connectivity index (χ0v) is 17.7. The summed E-state index contributed by atoms with van der Waals surface area (Å²) in [5, 5.41) is 4.34. The number of hydrogen-bond donors (Lipinski definition) is 1. The lowest BCUT2D eigenvalue weighted by Crippen LogP contribution is -2.32. The number of benzene rings is 1. The first-order valence-corrected chi connectivity index (χ1v) is 10.4. The summed E-state index contributed by atoms with van der Waals surface area (Å²) < 4.78 is 2.26. The number of hydrogen-bond acceptors (Lipinski definition) is 3. The standard InChI is InChI=1S/C23H27N5S/c1-26(2)15-9-17-28-22(21(25-23(28)29)19-12-6-7-14-24-19)20-13-8-16-27(20)18-10-4-3-5-11-18/h3-8,10-14,16,21-22H,9,15,17H2,1-2H3,(H,25,29)/t21-,22+/m0/s1. The summed E-state index contributed by atoms with van der Waals surface area (Å²) in [7, 11) is 4.21. The quantitative estimate of drug-likeness (QED) is 0.605. The van der Waals surface area contributed by atoms with Crippen molar-refractivity contribution in [1.29, 1.82) is 0 Å². The van der Waals surface area contributed by atoms with E-state index in [1.807, 2.05) is 24.4 Å². The first-order chi connectivity index (χ1) is 14.1. The molecule has 6 heteroatoms. The molecule has 0 radical (unpaired) electrons. The van der Waals surface area contributed by atoms with Gasteiger partial charge in [-0.1, -0.05) is 24.3 Å². The monoisotopic (exact) mass is 405 g/mol. The predicted molar refractivity (Wildman–Crippen MR) is 121 cm³/mol. The molecule has 3 heterocycles. The highest BCUT2D eigenvalue weighted by Crippen LogP contribution is 2.39. The molecule has 2 aromatic heterocycles. The van der Waals surface area contributed by atoms with Crippen molar-refractivity contribution in [3.8, 4) is 5.69 Å². The second kappa shape index (κ2) is 8.76. The Morgan fingerprint density at radius 3 is 2.55 bits per heavy atom. The molecule has 0 unspecified atom stereocenters. The summed E-state index contributed by atoms with van der Waals surface area (Å²) in [6, 6.07) is 20.9. The molecule has 2 atom stereocenters. The number of aromatic nitrogens is 2. The van der Waals surface area contributed by atoms with Crippen molar-refractivity contribution in [2.75, 3.05) is 27.2 Å². The van der Waals surface area contributed by atoms with E-state index in [9.17, 15) is 0 Å². The van der Waals surface area contributed by atoms with Crippen LogP contribution in [-0.4, -0.2) is 51.6 Å². The van der Waals surface area contributed by atoms with Crippen molar-refractivity contribution in [3.63, 3.8) is 0 Å². The van der Waals surface area contributed by atoms with E-state index < -0.39 is 0 Å². The molecule has 1 saturated heterocycles. The highest BCUT2D eigenvalue weighted by molar-refractivity contribution is 7.80. The van der Waals surface area contributed by atoms with Crippen LogP contribution in [0.3, 0.4) is 0 Å². The fourth-order valence-electron chi connectivity index (χ4n) is 3.98. The van der Waals surface area contributed by atoms with Gasteiger partial charge in [-0.2, -0.15) is 0 Å². The molecule has 0 saturated carbocycles. The van der Waals surface area contributed by atoms with Crippen LogP contribution in [0.2, 0.25) is 0 Å². The molecule has 1 fully saturated rings. The Balaban J connectivity index is 1.72. The minimum atomic E-state index is 0.0143. The van der Waals surface area contributed by atoms with Gasteiger partial charge in [0.2, 0.25) is 0 Å². The molecule has 1 N–H and O–H groups in total. The second-order valence-electron chi connectivity index (χ2n) is 7.62. The summed E-state index contributed by atoms with van der Waals surface area (Å²) in [5.41, 5.74) is 3.37. The molecule has 4 rings (SSSR count). The van der Waals surface area contributed by atoms with Gasteiger partial charge in [0, 0.05) is 30.3 Å². The SMILES string of the molecule is CN(C)CCCN1C(=S)N[C@@H](c2ccccn2)[C@H]1c1cccn1-c1ccccc1. The summed E-state index contributed by atoms with van der Waals surface area (Å²) in [6.45, 7) is 1.93. The largest absolute Gasteiger partial charge is 0.352 e. The van der Waals surface area contributed by atoms with E-state index in [2.05, 4.69) is 87.4 Å². The van der Waals surface area contributed by atoms with Crippen LogP contribution in [0, 0.1) is 0 Å². The highest BCUT2D eigenvalue weighted by atomic mass is 32.1. The van der Waals surface area contributed by atoms with E-state index in [-0.39, 0.29) is 12.1 Å².